The number of halogens is 2. The van der Waals surface area contributed by atoms with Crippen LogP contribution in [0.4, 0.5) is 10.1 Å². The second-order valence-electron chi connectivity index (χ2n) is 6.48. The molecule has 0 bridgehead atoms. The fraction of sp³-hybridized carbons (Fsp3) is 0.0952. The Labute approximate surface area is 165 Å². The molecule has 0 saturated heterocycles. The van der Waals surface area contributed by atoms with Gasteiger partial charge in [-0.15, -0.1) is 0 Å². The zero-order valence-corrected chi connectivity index (χ0v) is 16.0. The van der Waals surface area contributed by atoms with Crippen molar-refractivity contribution in [2.75, 3.05) is 5.32 Å². The van der Waals surface area contributed by atoms with Crippen molar-refractivity contribution in [3.63, 3.8) is 0 Å². The summed E-state index contributed by atoms with van der Waals surface area (Å²) in [7, 11) is 0. The molecule has 0 atom stereocenters. The Morgan fingerprint density at radius 3 is 2.43 bits per heavy atom. The SMILES string of the molecule is Cc1ccc(NC(=O)c2cnc3c(c(C)nn3-c3ccc(F)cc3)c2Cl)cc1. The first kappa shape index (κ1) is 18.1. The Hall–Kier alpha value is -3.25. The number of aromatic nitrogens is 3. The van der Waals surface area contributed by atoms with Gasteiger partial charge in [-0.3, -0.25) is 4.79 Å². The smallest absolute Gasteiger partial charge is 0.258 e. The zero-order valence-electron chi connectivity index (χ0n) is 15.2. The molecule has 2 heterocycles. The number of carbonyl (C=O) groups excluding carboxylic acids is 1. The van der Waals surface area contributed by atoms with E-state index in [1.165, 1.54) is 18.3 Å². The van der Waals surface area contributed by atoms with Crippen LogP contribution in [0.2, 0.25) is 5.02 Å². The lowest BCUT2D eigenvalue weighted by Crippen LogP contribution is -2.13. The maximum Gasteiger partial charge on any atom is 0.258 e. The number of amides is 1. The monoisotopic (exact) mass is 394 g/mol. The van der Waals surface area contributed by atoms with Crippen molar-refractivity contribution in [2.24, 2.45) is 0 Å². The van der Waals surface area contributed by atoms with Crippen LogP contribution in [-0.4, -0.2) is 20.7 Å². The molecule has 1 N–H and O–H groups in total. The van der Waals surface area contributed by atoms with Gasteiger partial charge in [0, 0.05) is 11.9 Å². The summed E-state index contributed by atoms with van der Waals surface area (Å²) < 4.78 is 14.8. The van der Waals surface area contributed by atoms with Crippen molar-refractivity contribution >= 4 is 34.2 Å². The van der Waals surface area contributed by atoms with Crippen LogP contribution >= 0.6 is 11.6 Å². The van der Waals surface area contributed by atoms with E-state index >= 15 is 0 Å². The van der Waals surface area contributed by atoms with Crippen molar-refractivity contribution < 1.29 is 9.18 Å². The highest BCUT2D eigenvalue weighted by molar-refractivity contribution is 6.39. The van der Waals surface area contributed by atoms with Crippen molar-refractivity contribution in [3.05, 3.63) is 82.4 Å². The van der Waals surface area contributed by atoms with Crippen molar-refractivity contribution in [1.29, 1.82) is 0 Å². The summed E-state index contributed by atoms with van der Waals surface area (Å²) in [5.41, 5.74) is 3.81. The Kier molecular flexibility index (Phi) is 4.57. The molecule has 0 radical (unpaired) electrons. The highest BCUT2D eigenvalue weighted by Crippen LogP contribution is 2.30. The van der Waals surface area contributed by atoms with Gasteiger partial charge in [-0.25, -0.2) is 14.1 Å². The predicted molar refractivity (Wildman–Crippen MR) is 108 cm³/mol. The Balaban J connectivity index is 1.74. The first-order chi connectivity index (χ1) is 13.4. The second-order valence-corrected chi connectivity index (χ2v) is 6.86. The molecule has 0 fully saturated rings. The fourth-order valence-corrected chi connectivity index (χ4v) is 3.32. The third kappa shape index (κ3) is 3.23. The molecule has 0 spiro atoms. The van der Waals surface area contributed by atoms with E-state index in [1.54, 1.807) is 23.7 Å². The van der Waals surface area contributed by atoms with Gasteiger partial charge in [-0.05, 0) is 50.2 Å². The van der Waals surface area contributed by atoms with Gasteiger partial charge in [0.2, 0.25) is 0 Å². The van der Waals surface area contributed by atoms with Crippen LogP contribution in [0.25, 0.3) is 16.7 Å². The number of benzene rings is 2. The molecule has 140 valence electrons. The van der Waals surface area contributed by atoms with Crippen molar-refractivity contribution in [3.8, 4) is 5.69 Å². The third-order valence-electron chi connectivity index (χ3n) is 4.43. The lowest BCUT2D eigenvalue weighted by Gasteiger charge is -2.08. The minimum absolute atomic E-state index is 0.261. The number of hydrogen-bond acceptors (Lipinski definition) is 3. The number of fused-ring (bicyclic) bond motifs is 1. The molecular weight excluding hydrogens is 379 g/mol. The molecule has 2 aromatic carbocycles. The van der Waals surface area contributed by atoms with E-state index in [2.05, 4.69) is 15.4 Å². The summed E-state index contributed by atoms with van der Waals surface area (Å²) in [5.74, 6) is -0.685. The molecule has 28 heavy (non-hydrogen) atoms. The van der Waals surface area contributed by atoms with E-state index in [0.29, 0.717) is 28.1 Å². The summed E-state index contributed by atoms with van der Waals surface area (Å²) >= 11 is 6.55. The number of aryl methyl sites for hydroxylation is 2. The van der Waals surface area contributed by atoms with Crippen LogP contribution < -0.4 is 5.32 Å². The van der Waals surface area contributed by atoms with Crippen LogP contribution in [0.3, 0.4) is 0 Å². The number of nitrogens with zero attached hydrogens (tertiary/aromatic N) is 3. The molecule has 0 unspecified atom stereocenters. The van der Waals surface area contributed by atoms with E-state index in [-0.39, 0.29) is 22.3 Å². The highest BCUT2D eigenvalue weighted by atomic mass is 35.5. The van der Waals surface area contributed by atoms with Gasteiger partial charge in [0.25, 0.3) is 5.91 Å². The fourth-order valence-electron chi connectivity index (χ4n) is 2.96. The molecule has 0 aliphatic rings. The van der Waals surface area contributed by atoms with Gasteiger partial charge in [0.1, 0.15) is 5.82 Å². The average molecular weight is 395 g/mol. The lowest BCUT2D eigenvalue weighted by atomic mass is 10.1. The quantitative estimate of drug-likeness (QED) is 0.527. The highest BCUT2D eigenvalue weighted by Gasteiger charge is 2.20. The summed E-state index contributed by atoms with van der Waals surface area (Å²) in [6, 6.07) is 13.4. The number of carbonyl (C=O) groups is 1. The zero-order chi connectivity index (χ0) is 19.8. The largest absolute Gasteiger partial charge is 0.322 e. The maximum absolute atomic E-state index is 13.2. The topological polar surface area (TPSA) is 59.8 Å². The van der Waals surface area contributed by atoms with E-state index in [0.717, 1.165) is 5.56 Å². The number of anilines is 1. The van der Waals surface area contributed by atoms with Crippen LogP contribution in [-0.2, 0) is 0 Å². The van der Waals surface area contributed by atoms with Gasteiger partial charge in [0.15, 0.2) is 5.65 Å². The normalized spacial score (nSPS) is 11.0. The summed E-state index contributed by atoms with van der Waals surface area (Å²) in [6.45, 7) is 3.76. The molecule has 0 aliphatic carbocycles. The molecule has 2 aromatic heterocycles. The van der Waals surface area contributed by atoms with Crippen LogP contribution in [0.15, 0.2) is 54.7 Å². The summed E-state index contributed by atoms with van der Waals surface area (Å²) in [4.78, 5) is 17.1. The number of pyridine rings is 1. The second kappa shape index (κ2) is 7.05. The standard InChI is InChI=1S/C21H16ClFN4O/c1-12-3-7-15(8-4-12)25-21(28)17-11-24-20-18(19(17)22)13(2)26-27(20)16-9-5-14(23)6-10-16/h3-11H,1-2H3,(H,25,28). The first-order valence-electron chi connectivity index (χ1n) is 8.62. The number of nitrogens with one attached hydrogen (secondary N) is 1. The summed E-state index contributed by atoms with van der Waals surface area (Å²) in [5, 5.41) is 8.15. The van der Waals surface area contributed by atoms with E-state index in [1.807, 2.05) is 31.2 Å². The molecule has 1 amide bonds. The molecule has 0 aliphatic heterocycles. The molecule has 7 heteroatoms. The minimum atomic E-state index is -0.350. The van der Waals surface area contributed by atoms with E-state index in [9.17, 15) is 9.18 Å². The van der Waals surface area contributed by atoms with Gasteiger partial charge in [-0.2, -0.15) is 5.10 Å². The van der Waals surface area contributed by atoms with Gasteiger partial charge < -0.3 is 5.32 Å². The van der Waals surface area contributed by atoms with Crippen molar-refractivity contribution in [1.82, 2.24) is 14.8 Å². The molecular formula is C21H16ClFN4O. The molecule has 4 rings (SSSR count). The average Bonchev–Trinajstić information content (AvgIpc) is 3.02. The van der Waals surface area contributed by atoms with Crippen LogP contribution in [0.1, 0.15) is 21.6 Å². The van der Waals surface area contributed by atoms with Gasteiger partial charge in [-0.1, -0.05) is 29.3 Å². The maximum atomic E-state index is 13.2. The predicted octanol–water partition coefficient (Wildman–Crippen LogP) is 5.08. The Bertz CT molecular complexity index is 1180. The first-order valence-corrected chi connectivity index (χ1v) is 8.99. The molecule has 0 saturated carbocycles. The Morgan fingerprint density at radius 1 is 1.07 bits per heavy atom. The molecule has 4 aromatic rings. The van der Waals surface area contributed by atoms with Crippen LogP contribution in [0.5, 0.6) is 0 Å². The third-order valence-corrected chi connectivity index (χ3v) is 4.83. The van der Waals surface area contributed by atoms with E-state index < -0.39 is 0 Å². The van der Waals surface area contributed by atoms with Gasteiger partial charge >= 0.3 is 0 Å². The van der Waals surface area contributed by atoms with Crippen molar-refractivity contribution in [2.45, 2.75) is 13.8 Å². The van der Waals surface area contributed by atoms with Gasteiger partial charge in [0.05, 0.1) is 27.4 Å². The Morgan fingerprint density at radius 2 is 1.75 bits per heavy atom. The van der Waals surface area contributed by atoms with E-state index in [4.69, 9.17) is 11.6 Å². The molecule has 5 nitrogen and oxygen atoms in total. The lowest BCUT2D eigenvalue weighted by molar-refractivity contribution is 0.102. The minimum Gasteiger partial charge on any atom is -0.322 e. The summed E-state index contributed by atoms with van der Waals surface area (Å²) in [6.07, 6.45) is 1.43. The number of rotatable bonds is 3. The number of hydrogen-bond donors (Lipinski definition) is 1. The van der Waals surface area contributed by atoms with Crippen LogP contribution in [0, 0.1) is 19.7 Å².